The molecule has 0 radical (unpaired) electrons. The third-order valence-electron chi connectivity index (χ3n) is 3.52. The van der Waals surface area contributed by atoms with E-state index in [0.29, 0.717) is 6.42 Å². The SMILES string of the molecule is CC[C@@H](C(C)C)S(=O)(=O)NC(=O)c1cc(C(C)C)n(C)n1. The van der Waals surface area contributed by atoms with Gasteiger partial charge in [0, 0.05) is 12.7 Å². The minimum Gasteiger partial charge on any atom is -0.272 e. The van der Waals surface area contributed by atoms with Crippen LogP contribution in [0.3, 0.4) is 0 Å². The number of carbonyl (C=O) groups is 1. The van der Waals surface area contributed by atoms with E-state index in [9.17, 15) is 13.2 Å². The number of aryl methyl sites for hydroxylation is 1. The third kappa shape index (κ3) is 4.06. The fourth-order valence-corrected chi connectivity index (χ4v) is 4.11. The van der Waals surface area contributed by atoms with Crippen LogP contribution in [0.4, 0.5) is 0 Å². The Balaban J connectivity index is 2.98. The van der Waals surface area contributed by atoms with Crippen molar-refractivity contribution in [2.75, 3.05) is 0 Å². The van der Waals surface area contributed by atoms with Gasteiger partial charge in [-0.3, -0.25) is 9.48 Å². The first-order valence-electron chi connectivity index (χ1n) is 7.20. The minimum absolute atomic E-state index is 0.0599. The van der Waals surface area contributed by atoms with Crippen LogP contribution in [-0.2, 0) is 17.1 Å². The van der Waals surface area contributed by atoms with Gasteiger partial charge in [0.2, 0.25) is 10.0 Å². The fraction of sp³-hybridized carbons (Fsp3) is 0.714. The zero-order valence-corrected chi connectivity index (χ0v) is 14.4. The molecule has 0 aliphatic heterocycles. The summed E-state index contributed by atoms with van der Waals surface area (Å²) >= 11 is 0. The minimum atomic E-state index is -3.69. The van der Waals surface area contributed by atoms with Crippen LogP contribution in [0.25, 0.3) is 0 Å². The molecule has 1 aromatic rings. The molecular formula is C14H25N3O3S. The Labute approximate surface area is 127 Å². The van der Waals surface area contributed by atoms with Gasteiger partial charge in [0.25, 0.3) is 5.91 Å². The Kier molecular flexibility index (Phi) is 5.55. The highest BCUT2D eigenvalue weighted by Gasteiger charge is 2.29. The van der Waals surface area contributed by atoms with E-state index in [1.54, 1.807) is 24.7 Å². The van der Waals surface area contributed by atoms with Crippen LogP contribution in [0.5, 0.6) is 0 Å². The topological polar surface area (TPSA) is 81.1 Å². The second-order valence-electron chi connectivity index (χ2n) is 5.90. The second kappa shape index (κ2) is 6.60. The molecule has 0 saturated heterocycles. The summed E-state index contributed by atoms with van der Waals surface area (Å²) < 4.78 is 28.2. The number of amides is 1. The summed E-state index contributed by atoms with van der Waals surface area (Å²) in [6, 6.07) is 1.63. The largest absolute Gasteiger partial charge is 0.285 e. The summed E-state index contributed by atoms with van der Waals surface area (Å²) in [6.45, 7) is 9.43. The van der Waals surface area contributed by atoms with Crippen molar-refractivity contribution in [3.63, 3.8) is 0 Å². The Morgan fingerprint density at radius 1 is 1.33 bits per heavy atom. The predicted molar refractivity (Wildman–Crippen MR) is 82.6 cm³/mol. The Hall–Kier alpha value is -1.37. The lowest BCUT2D eigenvalue weighted by atomic mass is 10.1. The molecule has 0 spiro atoms. The molecule has 0 bridgehead atoms. The van der Waals surface area contributed by atoms with Crippen LogP contribution in [-0.4, -0.2) is 29.4 Å². The number of hydrogen-bond donors (Lipinski definition) is 1. The Morgan fingerprint density at radius 3 is 2.29 bits per heavy atom. The van der Waals surface area contributed by atoms with Crippen LogP contribution in [0.2, 0.25) is 0 Å². The molecule has 0 aromatic carbocycles. The van der Waals surface area contributed by atoms with Crippen molar-refractivity contribution >= 4 is 15.9 Å². The van der Waals surface area contributed by atoms with Gasteiger partial charge in [-0.15, -0.1) is 0 Å². The monoisotopic (exact) mass is 315 g/mol. The van der Waals surface area contributed by atoms with E-state index in [4.69, 9.17) is 0 Å². The van der Waals surface area contributed by atoms with E-state index >= 15 is 0 Å². The molecule has 1 N–H and O–H groups in total. The number of carbonyl (C=O) groups excluding carboxylic acids is 1. The lowest BCUT2D eigenvalue weighted by molar-refractivity contribution is 0.0975. The summed E-state index contributed by atoms with van der Waals surface area (Å²) in [6.07, 6.45) is 0.458. The quantitative estimate of drug-likeness (QED) is 0.871. The number of nitrogens with zero attached hydrogens (tertiary/aromatic N) is 2. The lowest BCUT2D eigenvalue weighted by Gasteiger charge is -2.19. The zero-order chi connectivity index (χ0) is 16.4. The van der Waals surface area contributed by atoms with Crippen LogP contribution >= 0.6 is 0 Å². The predicted octanol–water partition coefficient (Wildman–Crippen LogP) is 2.04. The van der Waals surface area contributed by atoms with Crippen molar-refractivity contribution in [2.24, 2.45) is 13.0 Å². The smallest absolute Gasteiger partial charge is 0.272 e. The summed E-state index contributed by atoms with van der Waals surface area (Å²) in [5.74, 6) is -0.522. The molecular weight excluding hydrogens is 290 g/mol. The van der Waals surface area contributed by atoms with E-state index in [-0.39, 0.29) is 17.5 Å². The summed E-state index contributed by atoms with van der Waals surface area (Å²) in [5, 5.41) is 3.50. The first-order valence-corrected chi connectivity index (χ1v) is 8.74. The average Bonchev–Trinajstić information content (AvgIpc) is 2.70. The van der Waals surface area contributed by atoms with Gasteiger partial charge in [-0.1, -0.05) is 34.6 Å². The Morgan fingerprint density at radius 2 is 1.90 bits per heavy atom. The maximum Gasteiger partial charge on any atom is 0.285 e. The van der Waals surface area contributed by atoms with Gasteiger partial charge in [0.1, 0.15) is 0 Å². The average molecular weight is 315 g/mol. The first-order chi connectivity index (χ1) is 9.60. The molecule has 120 valence electrons. The molecule has 1 heterocycles. The van der Waals surface area contributed by atoms with Crippen molar-refractivity contribution in [2.45, 2.75) is 52.2 Å². The molecule has 1 atom stereocenters. The van der Waals surface area contributed by atoms with E-state index < -0.39 is 21.2 Å². The molecule has 1 amide bonds. The summed E-state index contributed by atoms with van der Waals surface area (Å²) in [5.41, 5.74) is 1.01. The molecule has 0 fully saturated rings. The van der Waals surface area contributed by atoms with E-state index in [1.165, 1.54) is 0 Å². The molecule has 1 rings (SSSR count). The molecule has 1 aromatic heterocycles. The normalized spacial score (nSPS) is 13.7. The number of nitrogens with one attached hydrogen (secondary N) is 1. The molecule has 6 nitrogen and oxygen atoms in total. The standard InChI is InChI=1S/C14H25N3O3S/c1-7-13(10(4)5)21(19,20)16-14(18)11-8-12(9(2)3)17(6)15-11/h8-10,13H,7H2,1-6H3,(H,16,18)/t13-/m0/s1. The molecule has 0 unspecified atom stereocenters. The van der Waals surface area contributed by atoms with Crippen LogP contribution in [0.15, 0.2) is 6.07 Å². The molecule has 7 heteroatoms. The Bertz CT molecular complexity index is 603. The molecule has 21 heavy (non-hydrogen) atoms. The van der Waals surface area contributed by atoms with E-state index in [0.717, 1.165) is 5.69 Å². The fourth-order valence-electron chi connectivity index (χ4n) is 2.44. The van der Waals surface area contributed by atoms with Crippen molar-refractivity contribution in [3.05, 3.63) is 17.5 Å². The lowest BCUT2D eigenvalue weighted by Crippen LogP contribution is -2.40. The second-order valence-corrected chi connectivity index (χ2v) is 7.80. The van der Waals surface area contributed by atoms with Crippen molar-refractivity contribution in [1.29, 1.82) is 0 Å². The van der Waals surface area contributed by atoms with E-state index in [2.05, 4.69) is 9.82 Å². The molecule has 0 saturated carbocycles. The number of rotatable bonds is 6. The van der Waals surface area contributed by atoms with E-state index in [1.807, 2.05) is 27.7 Å². The van der Waals surface area contributed by atoms with Gasteiger partial charge < -0.3 is 0 Å². The van der Waals surface area contributed by atoms with Crippen LogP contribution < -0.4 is 4.72 Å². The van der Waals surface area contributed by atoms with Gasteiger partial charge >= 0.3 is 0 Å². The van der Waals surface area contributed by atoms with Crippen molar-refractivity contribution in [3.8, 4) is 0 Å². The third-order valence-corrected chi connectivity index (χ3v) is 5.66. The summed E-state index contributed by atoms with van der Waals surface area (Å²) in [7, 11) is -1.95. The van der Waals surface area contributed by atoms with Gasteiger partial charge in [0.15, 0.2) is 5.69 Å². The number of sulfonamides is 1. The number of hydrogen-bond acceptors (Lipinski definition) is 4. The highest BCUT2D eigenvalue weighted by atomic mass is 32.2. The number of aromatic nitrogens is 2. The maximum absolute atomic E-state index is 12.2. The highest BCUT2D eigenvalue weighted by Crippen LogP contribution is 2.17. The van der Waals surface area contributed by atoms with Crippen molar-refractivity contribution in [1.82, 2.24) is 14.5 Å². The van der Waals surface area contributed by atoms with Crippen molar-refractivity contribution < 1.29 is 13.2 Å². The van der Waals surface area contributed by atoms with Crippen LogP contribution in [0.1, 0.15) is 63.1 Å². The van der Waals surface area contributed by atoms with Gasteiger partial charge in [-0.2, -0.15) is 5.10 Å². The first kappa shape index (κ1) is 17.7. The zero-order valence-electron chi connectivity index (χ0n) is 13.5. The van der Waals surface area contributed by atoms with Gasteiger partial charge in [-0.25, -0.2) is 13.1 Å². The molecule has 0 aliphatic carbocycles. The summed E-state index contributed by atoms with van der Waals surface area (Å²) in [4.78, 5) is 12.1. The van der Waals surface area contributed by atoms with Gasteiger partial charge in [0.05, 0.1) is 5.25 Å². The maximum atomic E-state index is 12.2. The highest BCUT2D eigenvalue weighted by molar-refractivity contribution is 7.90. The van der Waals surface area contributed by atoms with Crippen LogP contribution in [0, 0.1) is 5.92 Å². The molecule has 0 aliphatic rings. The van der Waals surface area contributed by atoms with Gasteiger partial charge in [-0.05, 0) is 24.3 Å².